The zero-order valence-electron chi connectivity index (χ0n) is 12.9. The van der Waals surface area contributed by atoms with Crippen LogP contribution >= 0.6 is 23.2 Å². The molecule has 1 aliphatic heterocycles. The van der Waals surface area contributed by atoms with Crippen LogP contribution in [0.1, 0.15) is 31.2 Å². The molecule has 0 saturated carbocycles. The van der Waals surface area contributed by atoms with Crippen molar-refractivity contribution in [2.24, 2.45) is 5.92 Å². The lowest BCUT2D eigenvalue weighted by molar-refractivity contribution is -0.143. The highest BCUT2D eigenvalue weighted by atomic mass is 35.5. The largest absolute Gasteiger partial charge is 0.481 e. The van der Waals surface area contributed by atoms with E-state index in [1.54, 1.807) is 23.1 Å². The van der Waals surface area contributed by atoms with Gasteiger partial charge in [-0.15, -0.1) is 0 Å². The van der Waals surface area contributed by atoms with E-state index in [1.807, 2.05) is 6.92 Å². The summed E-state index contributed by atoms with van der Waals surface area (Å²) in [6.07, 6.45) is 1.32. The number of piperidine rings is 1. The van der Waals surface area contributed by atoms with Crippen LogP contribution in [0.25, 0.3) is 0 Å². The third-order valence-electron chi connectivity index (χ3n) is 4.11. The van der Waals surface area contributed by atoms with Gasteiger partial charge in [0.1, 0.15) is 0 Å². The first kappa shape index (κ1) is 17.9. The van der Waals surface area contributed by atoms with E-state index in [0.717, 1.165) is 5.56 Å². The van der Waals surface area contributed by atoms with Crippen molar-refractivity contribution in [2.75, 3.05) is 19.6 Å². The van der Waals surface area contributed by atoms with Gasteiger partial charge in [0, 0.05) is 35.6 Å². The highest BCUT2D eigenvalue weighted by Crippen LogP contribution is 2.31. The van der Waals surface area contributed by atoms with Crippen molar-refractivity contribution in [1.29, 1.82) is 0 Å². The molecule has 0 radical (unpaired) electrons. The summed E-state index contributed by atoms with van der Waals surface area (Å²) in [5.41, 5.74) is 0.804. The number of hydrogen-bond donors (Lipinski definition) is 2. The Labute approximate surface area is 145 Å². The number of hydrogen-bond acceptors (Lipinski definition) is 2. The van der Waals surface area contributed by atoms with Crippen LogP contribution in [0.15, 0.2) is 18.2 Å². The van der Waals surface area contributed by atoms with Crippen molar-refractivity contribution in [3.8, 4) is 0 Å². The van der Waals surface area contributed by atoms with E-state index >= 15 is 0 Å². The number of halogens is 2. The summed E-state index contributed by atoms with van der Waals surface area (Å²) in [6.45, 7) is 3.15. The number of nitrogens with one attached hydrogen (secondary N) is 1. The Morgan fingerprint density at radius 2 is 2.04 bits per heavy atom. The molecule has 0 spiro atoms. The number of amides is 2. The van der Waals surface area contributed by atoms with E-state index < -0.39 is 11.9 Å². The molecule has 0 aliphatic carbocycles. The van der Waals surface area contributed by atoms with Crippen molar-refractivity contribution in [2.45, 2.75) is 25.7 Å². The Morgan fingerprint density at radius 1 is 1.39 bits per heavy atom. The van der Waals surface area contributed by atoms with Crippen LogP contribution in [-0.2, 0) is 4.79 Å². The van der Waals surface area contributed by atoms with E-state index in [1.165, 1.54) is 0 Å². The highest BCUT2D eigenvalue weighted by Gasteiger charge is 2.28. The fourth-order valence-corrected chi connectivity index (χ4v) is 3.57. The van der Waals surface area contributed by atoms with E-state index in [9.17, 15) is 9.59 Å². The van der Waals surface area contributed by atoms with Gasteiger partial charge in [-0.25, -0.2) is 4.79 Å². The number of benzene rings is 1. The number of likely N-dealkylation sites (tertiary alicyclic amines) is 1. The molecule has 1 fully saturated rings. The second-order valence-corrected chi connectivity index (χ2v) is 6.66. The average molecular weight is 359 g/mol. The summed E-state index contributed by atoms with van der Waals surface area (Å²) in [5.74, 6) is -1.37. The molecule has 2 atom stereocenters. The number of rotatable bonds is 4. The Hall–Kier alpha value is -1.46. The minimum Gasteiger partial charge on any atom is -0.481 e. The summed E-state index contributed by atoms with van der Waals surface area (Å²) in [6, 6.07) is 5.07. The molecule has 1 heterocycles. The van der Waals surface area contributed by atoms with Crippen LogP contribution in [-0.4, -0.2) is 41.6 Å². The lowest BCUT2D eigenvalue weighted by Gasteiger charge is -2.31. The third kappa shape index (κ3) is 4.52. The predicted octanol–water partition coefficient (Wildman–Crippen LogP) is 3.60. The van der Waals surface area contributed by atoms with Crippen molar-refractivity contribution < 1.29 is 14.7 Å². The Bertz CT molecular complexity index is 574. The van der Waals surface area contributed by atoms with Crippen molar-refractivity contribution in [3.63, 3.8) is 0 Å². The summed E-state index contributed by atoms with van der Waals surface area (Å²) in [5, 5.41) is 13.1. The molecule has 2 unspecified atom stereocenters. The number of carboxylic acids is 1. The van der Waals surface area contributed by atoms with Gasteiger partial charge in [-0.3, -0.25) is 4.79 Å². The van der Waals surface area contributed by atoms with Crippen molar-refractivity contribution in [1.82, 2.24) is 10.2 Å². The fourth-order valence-electron chi connectivity index (χ4n) is 2.80. The molecule has 2 rings (SSSR count). The molecule has 1 aliphatic rings. The second-order valence-electron chi connectivity index (χ2n) is 5.85. The standard InChI is InChI=1S/C16H20Cl2N2O3/c1-10(14-12(17)5-2-6-13(14)18)8-19-16(23)20-7-3-4-11(9-20)15(21)22/h2,5-6,10-11H,3-4,7-9H2,1H3,(H,19,23)(H,21,22). The SMILES string of the molecule is CC(CNC(=O)N1CCCC(C(=O)O)C1)c1c(Cl)cccc1Cl. The van der Waals surface area contributed by atoms with E-state index in [0.29, 0.717) is 36.0 Å². The lowest BCUT2D eigenvalue weighted by atomic mass is 9.98. The van der Waals surface area contributed by atoms with Crippen LogP contribution in [0.5, 0.6) is 0 Å². The van der Waals surface area contributed by atoms with Gasteiger partial charge in [0.25, 0.3) is 0 Å². The summed E-state index contributed by atoms with van der Waals surface area (Å²) in [7, 11) is 0. The molecule has 1 aromatic rings. The Balaban J connectivity index is 1.92. The Kier molecular flexibility index (Phi) is 6.13. The number of urea groups is 1. The molecular formula is C16H20Cl2N2O3. The first-order valence-electron chi connectivity index (χ1n) is 7.59. The monoisotopic (exact) mass is 358 g/mol. The molecular weight excluding hydrogens is 339 g/mol. The van der Waals surface area contributed by atoms with Crippen LogP contribution in [0.4, 0.5) is 4.79 Å². The molecule has 126 valence electrons. The minimum absolute atomic E-state index is 0.0415. The van der Waals surface area contributed by atoms with Gasteiger partial charge in [-0.2, -0.15) is 0 Å². The summed E-state index contributed by atoms with van der Waals surface area (Å²) < 4.78 is 0. The van der Waals surface area contributed by atoms with Gasteiger partial charge in [-0.05, 0) is 30.5 Å². The third-order valence-corrected chi connectivity index (χ3v) is 4.77. The fraction of sp³-hybridized carbons (Fsp3) is 0.500. The molecule has 1 aromatic carbocycles. The van der Waals surface area contributed by atoms with E-state index in [-0.39, 0.29) is 18.5 Å². The molecule has 2 N–H and O–H groups in total. The molecule has 1 saturated heterocycles. The molecule has 0 aromatic heterocycles. The normalized spacial score (nSPS) is 19.3. The quantitative estimate of drug-likeness (QED) is 0.863. The summed E-state index contributed by atoms with van der Waals surface area (Å²) >= 11 is 12.3. The van der Waals surface area contributed by atoms with Crippen LogP contribution < -0.4 is 5.32 Å². The van der Waals surface area contributed by atoms with Crippen LogP contribution in [0, 0.1) is 5.92 Å². The highest BCUT2D eigenvalue weighted by molar-refractivity contribution is 6.36. The minimum atomic E-state index is -0.848. The van der Waals surface area contributed by atoms with Gasteiger partial charge >= 0.3 is 12.0 Å². The van der Waals surface area contributed by atoms with Crippen LogP contribution in [0.2, 0.25) is 10.0 Å². The first-order chi connectivity index (χ1) is 10.9. The lowest BCUT2D eigenvalue weighted by Crippen LogP contribution is -2.47. The first-order valence-corrected chi connectivity index (χ1v) is 8.35. The van der Waals surface area contributed by atoms with Gasteiger partial charge in [0.2, 0.25) is 0 Å². The average Bonchev–Trinajstić information content (AvgIpc) is 2.52. The zero-order valence-corrected chi connectivity index (χ0v) is 14.4. The number of aliphatic carboxylic acids is 1. The second kappa shape index (κ2) is 7.88. The molecule has 23 heavy (non-hydrogen) atoms. The van der Waals surface area contributed by atoms with Gasteiger partial charge in [0.05, 0.1) is 5.92 Å². The van der Waals surface area contributed by atoms with Crippen LogP contribution in [0.3, 0.4) is 0 Å². The van der Waals surface area contributed by atoms with Crippen molar-refractivity contribution >= 4 is 35.2 Å². The van der Waals surface area contributed by atoms with Gasteiger partial charge in [-0.1, -0.05) is 36.2 Å². The topological polar surface area (TPSA) is 69.6 Å². The summed E-state index contributed by atoms with van der Waals surface area (Å²) in [4.78, 5) is 24.8. The molecule has 7 heteroatoms. The van der Waals surface area contributed by atoms with E-state index in [4.69, 9.17) is 28.3 Å². The maximum Gasteiger partial charge on any atom is 0.317 e. The zero-order chi connectivity index (χ0) is 17.0. The molecule has 0 bridgehead atoms. The number of carbonyl (C=O) groups is 2. The number of carbonyl (C=O) groups excluding carboxylic acids is 1. The maximum atomic E-state index is 12.2. The maximum absolute atomic E-state index is 12.2. The number of carboxylic acid groups (broad SMARTS) is 1. The van der Waals surface area contributed by atoms with Gasteiger partial charge in [0.15, 0.2) is 0 Å². The predicted molar refractivity (Wildman–Crippen MR) is 90.2 cm³/mol. The molecule has 5 nitrogen and oxygen atoms in total. The van der Waals surface area contributed by atoms with Crippen molar-refractivity contribution in [3.05, 3.63) is 33.8 Å². The molecule has 2 amide bonds. The van der Waals surface area contributed by atoms with E-state index in [2.05, 4.69) is 5.32 Å². The Morgan fingerprint density at radius 3 is 2.65 bits per heavy atom. The number of nitrogens with zero attached hydrogens (tertiary/aromatic N) is 1. The van der Waals surface area contributed by atoms with Gasteiger partial charge < -0.3 is 15.3 Å². The smallest absolute Gasteiger partial charge is 0.317 e.